The summed E-state index contributed by atoms with van der Waals surface area (Å²) in [6, 6.07) is 22.4. The van der Waals surface area contributed by atoms with Gasteiger partial charge in [-0.1, -0.05) is 42.5 Å². The first-order valence-electron chi connectivity index (χ1n) is 9.65. The fourth-order valence-corrected chi connectivity index (χ4v) is 3.36. The molecule has 28 heavy (non-hydrogen) atoms. The zero-order valence-electron chi connectivity index (χ0n) is 15.7. The van der Waals surface area contributed by atoms with Gasteiger partial charge in [-0.25, -0.2) is 4.98 Å². The van der Waals surface area contributed by atoms with Gasteiger partial charge in [0, 0.05) is 35.5 Å². The van der Waals surface area contributed by atoms with Crippen LogP contribution < -0.4 is 5.32 Å². The van der Waals surface area contributed by atoms with E-state index in [4.69, 9.17) is 0 Å². The molecule has 1 amide bonds. The number of rotatable bonds is 7. The summed E-state index contributed by atoms with van der Waals surface area (Å²) in [7, 11) is 0. The van der Waals surface area contributed by atoms with E-state index < -0.39 is 0 Å². The molecule has 2 heterocycles. The van der Waals surface area contributed by atoms with Gasteiger partial charge in [0.25, 0.3) is 0 Å². The molecule has 2 aromatic heterocycles. The van der Waals surface area contributed by atoms with Crippen molar-refractivity contribution in [2.45, 2.75) is 25.7 Å². The number of aromatic nitrogens is 2. The predicted octanol–water partition coefficient (Wildman–Crippen LogP) is 5.58. The van der Waals surface area contributed by atoms with Gasteiger partial charge in [-0.2, -0.15) is 0 Å². The monoisotopic (exact) mass is 369 g/mol. The van der Waals surface area contributed by atoms with Crippen molar-refractivity contribution >= 4 is 22.6 Å². The Labute approximate surface area is 164 Å². The summed E-state index contributed by atoms with van der Waals surface area (Å²) in [6.07, 6.45) is 7.18. The minimum Gasteiger partial charge on any atom is -0.346 e. The third-order valence-corrected chi connectivity index (χ3v) is 4.84. The molecule has 0 fully saturated rings. The largest absolute Gasteiger partial charge is 0.346 e. The second kappa shape index (κ2) is 8.53. The maximum Gasteiger partial charge on any atom is 0.224 e. The molecule has 0 aliphatic heterocycles. The van der Waals surface area contributed by atoms with Gasteiger partial charge in [-0.05, 0) is 54.7 Å². The number of amides is 1. The van der Waals surface area contributed by atoms with E-state index in [0.29, 0.717) is 6.42 Å². The zero-order valence-corrected chi connectivity index (χ0v) is 15.7. The van der Waals surface area contributed by atoms with Crippen molar-refractivity contribution in [1.82, 2.24) is 9.97 Å². The van der Waals surface area contributed by atoms with Crippen molar-refractivity contribution in [2.75, 3.05) is 5.32 Å². The minimum atomic E-state index is 0.0597. The molecule has 0 saturated heterocycles. The molecular formula is C24H23N3O. The second-order valence-corrected chi connectivity index (χ2v) is 6.96. The highest BCUT2D eigenvalue weighted by molar-refractivity contribution is 5.91. The number of hydrogen-bond donors (Lipinski definition) is 2. The van der Waals surface area contributed by atoms with Crippen LogP contribution in [-0.2, 0) is 11.2 Å². The van der Waals surface area contributed by atoms with Gasteiger partial charge in [0.2, 0.25) is 5.91 Å². The van der Waals surface area contributed by atoms with E-state index in [1.165, 1.54) is 5.56 Å². The number of unbranched alkanes of at least 4 members (excludes halogenated alkanes) is 1. The van der Waals surface area contributed by atoms with Crippen LogP contribution in [0.1, 0.15) is 24.8 Å². The summed E-state index contributed by atoms with van der Waals surface area (Å²) in [6.45, 7) is 0. The van der Waals surface area contributed by atoms with Gasteiger partial charge in [0.15, 0.2) is 0 Å². The Balaban J connectivity index is 1.33. The van der Waals surface area contributed by atoms with Gasteiger partial charge in [-0.3, -0.25) is 4.79 Å². The number of fused-ring (bicyclic) bond motifs is 1. The van der Waals surface area contributed by atoms with E-state index in [0.717, 1.165) is 47.1 Å². The molecule has 0 unspecified atom stereocenters. The van der Waals surface area contributed by atoms with E-state index in [1.807, 2.05) is 48.8 Å². The van der Waals surface area contributed by atoms with E-state index >= 15 is 0 Å². The molecule has 0 saturated carbocycles. The average Bonchev–Trinajstić information content (AvgIpc) is 3.20. The molecule has 0 aliphatic rings. The van der Waals surface area contributed by atoms with Crippen LogP contribution >= 0.6 is 0 Å². The molecule has 4 heteroatoms. The maximum atomic E-state index is 12.3. The number of aromatic amines is 1. The maximum absolute atomic E-state index is 12.3. The van der Waals surface area contributed by atoms with Crippen molar-refractivity contribution < 1.29 is 4.79 Å². The van der Waals surface area contributed by atoms with Gasteiger partial charge in [-0.15, -0.1) is 0 Å². The predicted molar refractivity (Wildman–Crippen MR) is 114 cm³/mol. The molecular weight excluding hydrogens is 346 g/mol. The van der Waals surface area contributed by atoms with Crippen LogP contribution in [0, 0.1) is 0 Å². The van der Waals surface area contributed by atoms with Crippen molar-refractivity contribution in [2.24, 2.45) is 0 Å². The molecule has 0 bridgehead atoms. The minimum absolute atomic E-state index is 0.0597. The Bertz CT molecular complexity index is 1070. The quantitative estimate of drug-likeness (QED) is 0.418. The first-order chi connectivity index (χ1) is 13.8. The van der Waals surface area contributed by atoms with Crippen LogP contribution in [0.3, 0.4) is 0 Å². The van der Waals surface area contributed by atoms with Crippen LogP contribution in [0.25, 0.3) is 22.2 Å². The van der Waals surface area contributed by atoms with E-state index in [1.54, 1.807) is 0 Å². The molecule has 0 spiro atoms. The number of pyridine rings is 1. The lowest BCUT2D eigenvalue weighted by atomic mass is 10.1. The number of carbonyl (C=O) groups excluding carboxylic acids is 1. The average molecular weight is 369 g/mol. The van der Waals surface area contributed by atoms with Crippen molar-refractivity contribution in [3.8, 4) is 11.1 Å². The molecule has 4 rings (SSSR count). The summed E-state index contributed by atoms with van der Waals surface area (Å²) >= 11 is 0. The highest BCUT2D eigenvalue weighted by Gasteiger charge is 2.06. The van der Waals surface area contributed by atoms with Crippen LogP contribution in [0.5, 0.6) is 0 Å². The highest BCUT2D eigenvalue weighted by atomic mass is 16.1. The number of carbonyl (C=O) groups is 1. The Hall–Kier alpha value is -3.40. The smallest absolute Gasteiger partial charge is 0.224 e. The molecule has 0 aliphatic carbocycles. The van der Waals surface area contributed by atoms with Crippen molar-refractivity contribution in [1.29, 1.82) is 0 Å². The highest BCUT2D eigenvalue weighted by Crippen LogP contribution is 2.25. The summed E-state index contributed by atoms with van der Waals surface area (Å²) in [5.74, 6) is 0.0597. The van der Waals surface area contributed by atoms with Crippen molar-refractivity contribution in [3.05, 3.63) is 84.7 Å². The van der Waals surface area contributed by atoms with Crippen molar-refractivity contribution in [3.63, 3.8) is 0 Å². The molecule has 4 nitrogen and oxygen atoms in total. The van der Waals surface area contributed by atoms with E-state index in [9.17, 15) is 4.79 Å². The van der Waals surface area contributed by atoms with Gasteiger partial charge >= 0.3 is 0 Å². The van der Waals surface area contributed by atoms with Gasteiger partial charge in [0.1, 0.15) is 5.65 Å². The summed E-state index contributed by atoms with van der Waals surface area (Å²) in [4.78, 5) is 19.8. The van der Waals surface area contributed by atoms with Crippen LogP contribution in [-0.4, -0.2) is 15.9 Å². The molecule has 0 radical (unpaired) electrons. The molecule has 2 N–H and O–H groups in total. The third kappa shape index (κ3) is 4.46. The Morgan fingerprint density at radius 2 is 1.82 bits per heavy atom. The molecule has 140 valence electrons. The standard InChI is InChI=1S/C24H23N3O/c28-23(12-5-4-9-18-7-2-1-3-8-18)27-22-11-6-10-19(16-22)21-15-20-13-14-25-24(20)26-17-21/h1-3,6-8,10-11,13-17H,4-5,9,12H2,(H,25,26)(H,27,28). The normalized spacial score (nSPS) is 10.9. The second-order valence-electron chi connectivity index (χ2n) is 6.96. The fraction of sp³-hybridized carbons (Fsp3) is 0.167. The molecule has 2 aromatic carbocycles. The number of benzene rings is 2. The number of anilines is 1. The number of nitrogens with one attached hydrogen (secondary N) is 2. The number of hydrogen-bond acceptors (Lipinski definition) is 2. The third-order valence-electron chi connectivity index (χ3n) is 4.84. The number of H-pyrrole nitrogens is 1. The number of nitrogens with zero attached hydrogens (tertiary/aromatic N) is 1. The lowest BCUT2D eigenvalue weighted by molar-refractivity contribution is -0.116. The summed E-state index contributed by atoms with van der Waals surface area (Å²) < 4.78 is 0. The first kappa shape index (κ1) is 18.0. The Kier molecular flexibility index (Phi) is 5.48. The SMILES string of the molecule is O=C(CCCCc1ccccc1)Nc1cccc(-c2cnc3[nH]ccc3c2)c1. The lowest BCUT2D eigenvalue weighted by Gasteiger charge is -2.08. The number of aryl methyl sites for hydroxylation is 1. The Morgan fingerprint density at radius 1 is 0.929 bits per heavy atom. The summed E-state index contributed by atoms with van der Waals surface area (Å²) in [5.41, 5.74) is 5.09. The van der Waals surface area contributed by atoms with Crippen LogP contribution in [0.4, 0.5) is 5.69 Å². The molecule has 0 atom stereocenters. The van der Waals surface area contributed by atoms with E-state index in [2.05, 4.69) is 45.6 Å². The van der Waals surface area contributed by atoms with Crippen LogP contribution in [0.15, 0.2) is 79.1 Å². The molecule has 4 aromatic rings. The first-order valence-corrected chi connectivity index (χ1v) is 9.65. The fourth-order valence-electron chi connectivity index (χ4n) is 3.36. The zero-order chi connectivity index (χ0) is 19.2. The summed E-state index contributed by atoms with van der Waals surface area (Å²) in [5, 5.41) is 4.09. The van der Waals surface area contributed by atoms with Gasteiger partial charge in [0.05, 0.1) is 0 Å². The lowest BCUT2D eigenvalue weighted by Crippen LogP contribution is -2.11. The van der Waals surface area contributed by atoms with Crippen LogP contribution in [0.2, 0.25) is 0 Å². The Morgan fingerprint density at radius 3 is 2.71 bits per heavy atom. The van der Waals surface area contributed by atoms with Gasteiger partial charge < -0.3 is 10.3 Å². The topological polar surface area (TPSA) is 57.8 Å². The van der Waals surface area contributed by atoms with E-state index in [-0.39, 0.29) is 5.91 Å².